The molecule has 8 heteroatoms. The van der Waals surface area contributed by atoms with E-state index in [-0.39, 0.29) is 11.9 Å². The molecule has 0 saturated heterocycles. The van der Waals surface area contributed by atoms with Crippen molar-refractivity contribution in [2.75, 3.05) is 18.8 Å². The van der Waals surface area contributed by atoms with Crippen molar-refractivity contribution in [3.05, 3.63) is 84.7 Å². The lowest BCUT2D eigenvalue weighted by atomic mass is 9.90. The van der Waals surface area contributed by atoms with Gasteiger partial charge in [0, 0.05) is 18.7 Å². The molecule has 1 atom stereocenters. The monoisotopic (exact) mass is 478 g/mol. The molecular weight excluding hydrogens is 452 g/mol. The van der Waals surface area contributed by atoms with Gasteiger partial charge in [0.15, 0.2) is 5.65 Å². The van der Waals surface area contributed by atoms with Gasteiger partial charge in [-0.05, 0) is 72.9 Å². The number of nitrogens with two attached hydrogens (primary N) is 1. The van der Waals surface area contributed by atoms with E-state index in [0.29, 0.717) is 18.9 Å². The third kappa shape index (κ3) is 3.90. The number of anilines is 1. The second-order valence-electron chi connectivity index (χ2n) is 9.19. The van der Waals surface area contributed by atoms with Crippen molar-refractivity contribution in [3.8, 4) is 22.8 Å². The maximum Gasteiger partial charge on any atom is 0.246 e. The average molecular weight is 479 g/mol. The van der Waals surface area contributed by atoms with Crippen molar-refractivity contribution >= 4 is 22.8 Å². The number of amides is 1. The van der Waals surface area contributed by atoms with Gasteiger partial charge in [0.05, 0.1) is 11.4 Å². The van der Waals surface area contributed by atoms with Crippen LogP contribution in [0.25, 0.3) is 22.3 Å². The van der Waals surface area contributed by atoms with Crippen LogP contribution in [0, 0.1) is 0 Å². The van der Waals surface area contributed by atoms with Crippen LogP contribution in [0.15, 0.2) is 84.7 Å². The predicted molar refractivity (Wildman–Crippen MR) is 138 cm³/mol. The lowest BCUT2D eigenvalue weighted by Crippen LogP contribution is -2.27. The normalized spacial score (nSPS) is 17.3. The number of nitrogens with zero attached hydrogens (tertiary/aromatic N) is 5. The first kappa shape index (κ1) is 22.0. The van der Waals surface area contributed by atoms with E-state index < -0.39 is 0 Å². The van der Waals surface area contributed by atoms with Crippen LogP contribution >= 0.6 is 0 Å². The number of carbonyl (C=O) groups excluding carboxylic acids is 1. The van der Waals surface area contributed by atoms with Gasteiger partial charge < -0.3 is 15.4 Å². The topological polar surface area (TPSA) is 99.2 Å². The Bertz CT molecular complexity index is 1490. The zero-order valence-electron chi connectivity index (χ0n) is 19.8. The summed E-state index contributed by atoms with van der Waals surface area (Å²) >= 11 is 0. The summed E-state index contributed by atoms with van der Waals surface area (Å²) in [6.45, 7) is 4.98. The van der Waals surface area contributed by atoms with E-state index in [1.807, 2.05) is 64.2 Å². The first-order chi connectivity index (χ1) is 17.6. The van der Waals surface area contributed by atoms with E-state index in [0.717, 1.165) is 53.1 Å². The van der Waals surface area contributed by atoms with Gasteiger partial charge in [-0.15, -0.1) is 0 Å². The Morgan fingerprint density at radius 2 is 1.78 bits per heavy atom. The molecule has 1 aliphatic carbocycles. The molecule has 180 valence electrons. The molecule has 0 saturated carbocycles. The van der Waals surface area contributed by atoms with Gasteiger partial charge in [-0.1, -0.05) is 24.8 Å². The summed E-state index contributed by atoms with van der Waals surface area (Å²) in [5, 5.41) is 5.77. The first-order valence-electron chi connectivity index (χ1n) is 12.0. The molecule has 1 unspecified atom stereocenters. The Kier molecular flexibility index (Phi) is 5.48. The minimum absolute atomic E-state index is 0.0204. The number of hydrogen-bond acceptors (Lipinski definition) is 6. The number of rotatable bonds is 5. The van der Waals surface area contributed by atoms with Crippen LogP contribution in [0.3, 0.4) is 0 Å². The average Bonchev–Trinajstić information content (AvgIpc) is 3.52. The molecule has 2 aromatic heterocycles. The summed E-state index contributed by atoms with van der Waals surface area (Å²) in [4.78, 5) is 22.8. The summed E-state index contributed by atoms with van der Waals surface area (Å²) in [6, 6.07) is 17.6. The van der Waals surface area contributed by atoms with Gasteiger partial charge in [-0.2, -0.15) is 5.10 Å². The van der Waals surface area contributed by atoms with Crippen molar-refractivity contribution in [1.29, 1.82) is 0 Å². The van der Waals surface area contributed by atoms with Gasteiger partial charge in [0.25, 0.3) is 0 Å². The minimum Gasteiger partial charge on any atom is -0.457 e. The van der Waals surface area contributed by atoms with E-state index in [1.54, 1.807) is 0 Å². The molecule has 1 amide bonds. The number of aromatic nitrogens is 4. The molecule has 8 nitrogen and oxygen atoms in total. The Morgan fingerprint density at radius 3 is 2.56 bits per heavy atom. The van der Waals surface area contributed by atoms with Gasteiger partial charge in [0.1, 0.15) is 29.3 Å². The third-order valence-electron chi connectivity index (χ3n) is 6.98. The van der Waals surface area contributed by atoms with Crippen LogP contribution in [0.5, 0.6) is 11.5 Å². The standard InChI is InChI=1S/C28H26N6O2/c1-2-24(35)33-15-19-8-11-21(14-20(19)16-33)34-28-25(27(29)30-17-31-28)26(32-34)18-9-12-23(13-10-18)36-22-6-4-3-5-7-22/h2-7,9-10,12-13,17,21H,1,8,11,14-16H2,(H2,29,30,31). The molecule has 36 heavy (non-hydrogen) atoms. The number of hydrogen-bond donors (Lipinski definition) is 1. The number of fused-ring (bicyclic) bond motifs is 1. The fraction of sp³-hybridized carbons (Fsp3) is 0.214. The highest BCUT2D eigenvalue weighted by Gasteiger charge is 2.32. The van der Waals surface area contributed by atoms with Gasteiger partial charge >= 0.3 is 0 Å². The fourth-order valence-corrected chi connectivity index (χ4v) is 5.18. The Morgan fingerprint density at radius 1 is 1.03 bits per heavy atom. The number of ether oxygens (including phenoxy) is 1. The molecular formula is C28H26N6O2. The fourth-order valence-electron chi connectivity index (χ4n) is 5.18. The maximum absolute atomic E-state index is 12.1. The van der Waals surface area contributed by atoms with Gasteiger partial charge in [0.2, 0.25) is 5.91 Å². The Labute approximate surface area is 208 Å². The van der Waals surface area contributed by atoms with Crippen molar-refractivity contribution in [2.24, 2.45) is 0 Å². The molecule has 2 aromatic carbocycles. The molecule has 0 radical (unpaired) electrons. The quantitative estimate of drug-likeness (QED) is 0.323. The number of nitrogen functional groups attached to an aromatic ring is 1. The van der Waals surface area contributed by atoms with Crippen molar-refractivity contribution in [2.45, 2.75) is 25.3 Å². The van der Waals surface area contributed by atoms with Crippen LogP contribution in [0.1, 0.15) is 25.3 Å². The highest BCUT2D eigenvalue weighted by atomic mass is 16.5. The van der Waals surface area contributed by atoms with Gasteiger partial charge in [-0.3, -0.25) is 4.79 Å². The summed E-state index contributed by atoms with van der Waals surface area (Å²) in [6.07, 6.45) is 5.58. The second kappa shape index (κ2) is 8.96. The Hall–Kier alpha value is -4.46. The second-order valence-corrected chi connectivity index (χ2v) is 9.19. The molecule has 0 bridgehead atoms. The molecule has 2 aliphatic rings. The summed E-state index contributed by atoms with van der Waals surface area (Å²) in [5.74, 6) is 1.91. The predicted octanol–water partition coefficient (Wildman–Crippen LogP) is 4.92. The lowest BCUT2D eigenvalue weighted by Gasteiger charge is -2.24. The van der Waals surface area contributed by atoms with E-state index in [4.69, 9.17) is 15.6 Å². The number of benzene rings is 2. The Balaban J connectivity index is 1.31. The van der Waals surface area contributed by atoms with Crippen LogP contribution < -0.4 is 10.5 Å². The van der Waals surface area contributed by atoms with Crippen LogP contribution in [0.2, 0.25) is 0 Å². The zero-order valence-corrected chi connectivity index (χ0v) is 19.8. The minimum atomic E-state index is -0.0204. The SMILES string of the molecule is C=CC(=O)N1CC2=C(CC(n3nc(-c4ccc(Oc5ccccc5)cc4)c4c(N)ncnc43)CC2)C1. The van der Waals surface area contributed by atoms with E-state index in [9.17, 15) is 4.79 Å². The molecule has 6 rings (SSSR count). The van der Waals surface area contributed by atoms with Gasteiger partial charge in [-0.25, -0.2) is 14.6 Å². The molecule has 0 fully saturated rings. The number of para-hydroxylation sites is 1. The molecule has 4 aromatic rings. The van der Waals surface area contributed by atoms with E-state index >= 15 is 0 Å². The third-order valence-corrected chi connectivity index (χ3v) is 6.98. The lowest BCUT2D eigenvalue weighted by molar-refractivity contribution is -0.124. The first-order valence-corrected chi connectivity index (χ1v) is 12.0. The van der Waals surface area contributed by atoms with Crippen LogP contribution in [-0.4, -0.2) is 43.6 Å². The summed E-state index contributed by atoms with van der Waals surface area (Å²) in [7, 11) is 0. The highest BCUT2D eigenvalue weighted by Crippen LogP contribution is 2.40. The molecule has 1 aliphatic heterocycles. The highest BCUT2D eigenvalue weighted by molar-refractivity contribution is 5.98. The summed E-state index contributed by atoms with van der Waals surface area (Å²) < 4.78 is 7.94. The zero-order chi connectivity index (χ0) is 24.6. The number of carbonyl (C=O) groups is 1. The maximum atomic E-state index is 12.1. The van der Waals surface area contributed by atoms with E-state index in [1.165, 1.54) is 23.5 Å². The summed E-state index contributed by atoms with van der Waals surface area (Å²) in [5.41, 5.74) is 11.4. The van der Waals surface area contributed by atoms with Crippen molar-refractivity contribution < 1.29 is 9.53 Å². The smallest absolute Gasteiger partial charge is 0.246 e. The van der Waals surface area contributed by atoms with Crippen LogP contribution in [0.4, 0.5) is 5.82 Å². The van der Waals surface area contributed by atoms with Crippen molar-refractivity contribution in [1.82, 2.24) is 24.6 Å². The largest absolute Gasteiger partial charge is 0.457 e. The van der Waals surface area contributed by atoms with Crippen LogP contribution in [-0.2, 0) is 4.79 Å². The molecule has 3 heterocycles. The van der Waals surface area contributed by atoms with Crippen molar-refractivity contribution in [3.63, 3.8) is 0 Å². The molecule has 2 N–H and O–H groups in total. The van der Waals surface area contributed by atoms with E-state index in [2.05, 4.69) is 16.5 Å². The molecule has 0 spiro atoms.